The molecule has 2 atom stereocenters. The summed E-state index contributed by atoms with van der Waals surface area (Å²) >= 11 is 0. The standard InChI is InChI=1S/C13H27NO/c1-12(2,3)11-10(15-11)8-7-9-14-13(4,5)6/h10-11,14H,7-9H2,1-6H3. The molecular weight excluding hydrogens is 186 g/mol. The number of hydrogen-bond acceptors (Lipinski definition) is 2. The summed E-state index contributed by atoms with van der Waals surface area (Å²) in [5.41, 5.74) is 0.565. The molecular formula is C13H27NO. The van der Waals surface area contributed by atoms with E-state index < -0.39 is 0 Å². The van der Waals surface area contributed by atoms with Crippen molar-refractivity contribution in [3.05, 3.63) is 0 Å². The first-order valence-electron chi connectivity index (χ1n) is 6.11. The van der Waals surface area contributed by atoms with Crippen LogP contribution >= 0.6 is 0 Å². The second-order valence-electron chi connectivity index (χ2n) is 6.78. The third-order valence-electron chi connectivity index (χ3n) is 2.76. The molecule has 2 heteroatoms. The minimum Gasteiger partial charge on any atom is -0.369 e. The second kappa shape index (κ2) is 4.42. The maximum absolute atomic E-state index is 5.69. The first-order chi connectivity index (χ1) is 6.70. The van der Waals surface area contributed by atoms with Gasteiger partial charge in [0, 0.05) is 5.54 Å². The predicted molar refractivity (Wildman–Crippen MR) is 65.1 cm³/mol. The van der Waals surface area contributed by atoms with Crippen molar-refractivity contribution in [2.45, 2.75) is 72.1 Å². The van der Waals surface area contributed by atoms with Gasteiger partial charge in [0.1, 0.15) is 0 Å². The predicted octanol–water partition coefficient (Wildman–Crippen LogP) is 2.97. The average Bonchev–Trinajstić information content (AvgIpc) is 2.73. The summed E-state index contributed by atoms with van der Waals surface area (Å²) < 4.78 is 5.69. The third kappa shape index (κ3) is 4.98. The molecule has 1 rings (SSSR count). The lowest BCUT2D eigenvalue weighted by atomic mass is 9.89. The number of nitrogens with one attached hydrogen (secondary N) is 1. The Kier molecular flexibility index (Phi) is 3.83. The Hall–Kier alpha value is -0.0800. The topological polar surface area (TPSA) is 24.6 Å². The zero-order chi connectivity index (χ0) is 11.7. The minimum atomic E-state index is 0.244. The van der Waals surface area contributed by atoms with Crippen LogP contribution in [0.15, 0.2) is 0 Å². The molecule has 0 aromatic rings. The highest BCUT2D eigenvalue weighted by Crippen LogP contribution is 2.40. The van der Waals surface area contributed by atoms with Crippen LogP contribution in [-0.4, -0.2) is 24.3 Å². The highest BCUT2D eigenvalue weighted by atomic mass is 16.6. The summed E-state index contributed by atoms with van der Waals surface area (Å²) in [5, 5.41) is 3.50. The van der Waals surface area contributed by atoms with E-state index in [9.17, 15) is 0 Å². The Morgan fingerprint density at radius 1 is 1.07 bits per heavy atom. The molecule has 15 heavy (non-hydrogen) atoms. The average molecular weight is 213 g/mol. The van der Waals surface area contributed by atoms with Crippen LogP contribution in [0.25, 0.3) is 0 Å². The van der Waals surface area contributed by atoms with Crippen LogP contribution < -0.4 is 5.32 Å². The van der Waals surface area contributed by atoms with E-state index in [1.54, 1.807) is 0 Å². The normalized spacial score (nSPS) is 26.8. The Labute approximate surface area is 94.8 Å². The third-order valence-corrected chi connectivity index (χ3v) is 2.76. The number of ether oxygens (including phenoxy) is 1. The van der Waals surface area contributed by atoms with Crippen molar-refractivity contribution in [3.63, 3.8) is 0 Å². The Bertz CT molecular complexity index is 200. The van der Waals surface area contributed by atoms with Crippen molar-refractivity contribution >= 4 is 0 Å². The van der Waals surface area contributed by atoms with E-state index in [1.807, 2.05) is 0 Å². The van der Waals surface area contributed by atoms with Crippen LogP contribution in [0.4, 0.5) is 0 Å². The van der Waals surface area contributed by atoms with Crippen LogP contribution in [0.3, 0.4) is 0 Å². The molecule has 1 aliphatic rings. The molecule has 0 aromatic heterocycles. The van der Waals surface area contributed by atoms with Crippen LogP contribution in [0.2, 0.25) is 0 Å². The Morgan fingerprint density at radius 3 is 2.07 bits per heavy atom. The van der Waals surface area contributed by atoms with Crippen LogP contribution in [0, 0.1) is 5.41 Å². The summed E-state index contributed by atoms with van der Waals surface area (Å²) in [7, 11) is 0. The van der Waals surface area contributed by atoms with E-state index in [1.165, 1.54) is 12.8 Å². The lowest BCUT2D eigenvalue weighted by molar-refractivity contribution is 0.259. The molecule has 1 heterocycles. The van der Waals surface area contributed by atoms with Crippen molar-refractivity contribution in [1.29, 1.82) is 0 Å². The lowest BCUT2D eigenvalue weighted by Gasteiger charge is -2.20. The van der Waals surface area contributed by atoms with Gasteiger partial charge in [-0.05, 0) is 45.6 Å². The Balaban J connectivity index is 2.05. The molecule has 0 saturated carbocycles. The molecule has 0 aliphatic carbocycles. The van der Waals surface area contributed by atoms with Crippen molar-refractivity contribution in [1.82, 2.24) is 5.32 Å². The first-order valence-corrected chi connectivity index (χ1v) is 6.11. The zero-order valence-electron chi connectivity index (χ0n) is 11.2. The van der Waals surface area contributed by atoms with E-state index in [2.05, 4.69) is 46.9 Å². The smallest absolute Gasteiger partial charge is 0.0889 e. The SMILES string of the molecule is CC(C)(C)NCCCC1OC1C(C)(C)C. The lowest BCUT2D eigenvalue weighted by Crippen LogP contribution is -2.36. The first kappa shape index (κ1) is 13.0. The molecule has 1 N–H and O–H groups in total. The summed E-state index contributed by atoms with van der Waals surface area (Å²) in [4.78, 5) is 0. The van der Waals surface area contributed by atoms with E-state index in [0.29, 0.717) is 17.6 Å². The minimum absolute atomic E-state index is 0.244. The van der Waals surface area contributed by atoms with Gasteiger partial charge in [0.15, 0.2) is 0 Å². The fourth-order valence-electron chi connectivity index (χ4n) is 1.89. The van der Waals surface area contributed by atoms with Crippen LogP contribution in [0.5, 0.6) is 0 Å². The maximum atomic E-state index is 5.69. The summed E-state index contributed by atoms with van der Waals surface area (Å²) in [6, 6.07) is 0. The molecule has 0 amide bonds. The highest BCUT2D eigenvalue weighted by Gasteiger charge is 2.46. The van der Waals surface area contributed by atoms with Gasteiger partial charge in [-0.15, -0.1) is 0 Å². The summed E-state index contributed by atoms with van der Waals surface area (Å²) in [6.45, 7) is 14.5. The monoisotopic (exact) mass is 213 g/mol. The number of rotatable bonds is 4. The fourth-order valence-corrected chi connectivity index (χ4v) is 1.89. The molecule has 1 fully saturated rings. The molecule has 0 aromatic carbocycles. The molecule has 0 radical (unpaired) electrons. The second-order valence-corrected chi connectivity index (χ2v) is 6.78. The van der Waals surface area contributed by atoms with Gasteiger partial charge >= 0.3 is 0 Å². The highest BCUT2D eigenvalue weighted by molar-refractivity contribution is 4.93. The number of hydrogen-bond donors (Lipinski definition) is 1. The van der Waals surface area contributed by atoms with Gasteiger partial charge in [-0.25, -0.2) is 0 Å². The van der Waals surface area contributed by atoms with Gasteiger partial charge in [-0.3, -0.25) is 0 Å². The van der Waals surface area contributed by atoms with Crippen molar-refractivity contribution in [2.24, 2.45) is 5.41 Å². The quantitative estimate of drug-likeness (QED) is 0.573. The largest absolute Gasteiger partial charge is 0.369 e. The van der Waals surface area contributed by atoms with E-state index >= 15 is 0 Å². The molecule has 0 spiro atoms. The van der Waals surface area contributed by atoms with Crippen LogP contribution in [0.1, 0.15) is 54.4 Å². The fraction of sp³-hybridized carbons (Fsp3) is 1.00. The molecule has 1 saturated heterocycles. The van der Waals surface area contributed by atoms with Gasteiger partial charge in [-0.2, -0.15) is 0 Å². The van der Waals surface area contributed by atoms with E-state index in [0.717, 1.165) is 6.54 Å². The van der Waals surface area contributed by atoms with Crippen molar-refractivity contribution in [3.8, 4) is 0 Å². The maximum Gasteiger partial charge on any atom is 0.0889 e. The number of epoxide rings is 1. The van der Waals surface area contributed by atoms with Crippen molar-refractivity contribution in [2.75, 3.05) is 6.54 Å². The Morgan fingerprint density at radius 2 is 1.67 bits per heavy atom. The molecule has 2 unspecified atom stereocenters. The van der Waals surface area contributed by atoms with Gasteiger partial charge < -0.3 is 10.1 Å². The van der Waals surface area contributed by atoms with Gasteiger partial charge in [0.2, 0.25) is 0 Å². The summed E-state index contributed by atoms with van der Waals surface area (Å²) in [6.07, 6.45) is 3.43. The van der Waals surface area contributed by atoms with E-state index in [4.69, 9.17) is 4.74 Å². The molecule has 0 bridgehead atoms. The van der Waals surface area contributed by atoms with Crippen molar-refractivity contribution < 1.29 is 4.74 Å². The molecule has 1 aliphatic heterocycles. The van der Waals surface area contributed by atoms with Gasteiger partial charge in [0.25, 0.3) is 0 Å². The molecule has 2 nitrogen and oxygen atoms in total. The summed E-state index contributed by atoms with van der Waals surface area (Å²) in [5.74, 6) is 0. The van der Waals surface area contributed by atoms with Gasteiger partial charge in [-0.1, -0.05) is 20.8 Å². The van der Waals surface area contributed by atoms with Crippen LogP contribution in [-0.2, 0) is 4.74 Å². The van der Waals surface area contributed by atoms with Gasteiger partial charge in [0.05, 0.1) is 12.2 Å². The molecule has 90 valence electrons. The zero-order valence-corrected chi connectivity index (χ0v) is 11.2. The van der Waals surface area contributed by atoms with E-state index in [-0.39, 0.29) is 5.54 Å².